The summed E-state index contributed by atoms with van der Waals surface area (Å²) in [5.74, 6) is -1.06. The predicted molar refractivity (Wildman–Crippen MR) is 85.4 cm³/mol. The predicted octanol–water partition coefficient (Wildman–Crippen LogP) is 4.43. The van der Waals surface area contributed by atoms with E-state index in [1.807, 2.05) is 26.0 Å². The highest BCUT2D eigenvalue weighted by atomic mass is 35.5. The fraction of sp³-hybridized carbons (Fsp3) is 0.222. The number of fused-ring (bicyclic) bond motifs is 1. The molecule has 3 rings (SSSR count). The van der Waals surface area contributed by atoms with Crippen LogP contribution < -0.4 is 0 Å². The maximum absolute atomic E-state index is 14.1. The van der Waals surface area contributed by atoms with Crippen LogP contribution in [0.4, 0.5) is 4.39 Å². The van der Waals surface area contributed by atoms with Gasteiger partial charge in [-0.05, 0) is 37.6 Å². The normalized spacial score (nSPS) is 17.1. The van der Waals surface area contributed by atoms with Crippen molar-refractivity contribution in [2.45, 2.75) is 25.4 Å². The van der Waals surface area contributed by atoms with Crippen LogP contribution in [-0.4, -0.2) is 10.8 Å². The van der Waals surface area contributed by atoms with Crippen molar-refractivity contribution in [1.29, 1.82) is 5.26 Å². The van der Waals surface area contributed by atoms with E-state index >= 15 is 0 Å². The first-order valence-electron chi connectivity index (χ1n) is 7.15. The van der Waals surface area contributed by atoms with Gasteiger partial charge in [0.1, 0.15) is 11.9 Å². The van der Waals surface area contributed by atoms with E-state index in [9.17, 15) is 14.4 Å². The number of hydrogen-bond donors (Lipinski definition) is 0. The standard InChI is InChI=1S/C18H14ClFN2O/c1-18(2,11-6-8-12(19)9-7-11)22-15(10-21)13-4-3-5-14(20)16(13)17(22)23/h3-9,15H,1-2H3. The zero-order chi connectivity index (χ0) is 16.8. The Morgan fingerprint density at radius 1 is 1.22 bits per heavy atom. The zero-order valence-corrected chi connectivity index (χ0v) is 13.4. The molecule has 0 saturated carbocycles. The fourth-order valence-electron chi connectivity index (χ4n) is 3.07. The molecule has 2 aromatic carbocycles. The van der Waals surface area contributed by atoms with Crippen molar-refractivity contribution >= 4 is 17.5 Å². The van der Waals surface area contributed by atoms with Crippen molar-refractivity contribution in [3.63, 3.8) is 0 Å². The zero-order valence-electron chi connectivity index (χ0n) is 12.7. The Hall–Kier alpha value is -2.38. The van der Waals surface area contributed by atoms with E-state index in [-0.39, 0.29) is 5.56 Å². The van der Waals surface area contributed by atoms with Gasteiger partial charge in [-0.2, -0.15) is 5.26 Å². The van der Waals surface area contributed by atoms with Crippen LogP contribution in [-0.2, 0) is 5.54 Å². The average molecular weight is 329 g/mol. The van der Waals surface area contributed by atoms with Crippen LogP contribution in [0.5, 0.6) is 0 Å². The number of carbonyl (C=O) groups excluding carboxylic acids is 1. The molecule has 3 nitrogen and oxygen atoms in total. The Morgan fingerprint density at radius 2 is 1.87 bits per heavy atom. The SMILES string of the molecule is CC(C)(c1ccc(Cl)cc1)N1C(=O)c2c(F)cccc2C1C#N. The third-order valence-electron chi connectivity index (χ3n) is 4.31. The van der Waals surface area contributed by atoms with E-state index in [1.165, 1.54) is 17.0 Å². The highest BCUT2D eigenvalue weighted by Gasteiger charge is 2.46. The van der Waals surface area contributed by atoms with E-state index in [0.717, 1.165) is 5.56 Å². The van der Waals surface area contributed by atoms with Gasteiger partial charge in [-0.15, -0.1) is 0 Å². The molecule has 0 N–H and O–H groups in total. The largest absolute Gasteiger partial charge is 0.309 e. The first-order chi connectivity index (χ1) is 10.9. The van der Waals surface area contributed by atoms with Crippen molar-refractivity contribution in [2.24, 2.45) is 0 Å². The van der Waals surface area contributed by atoms with E-state index in [2.05, 4.69) is 6.07 Å². The third-order valence-corrected chi connectivity index (χ3v) is 4.56. The van der Waals surface area contributed by atoms with E-state index < -0.39 is 23.3 Å². The lowest BCUT2D eigenvalue weighted by Gasteiger charge is -2.38. The number of amides is 1. The highest BCUT2D eigenvalue weighted by molar-refractivity contribution is 6.30. The topological polar surface area (TPSA) is 44.1 Å². The lowest BCUT2D eigenvalue weighted by Crippen LogP contribution is -2.43. The molecule has 5 heteroatoms. The molecule has 1 aliphatic heterocycles. The van der Waals surface area contributed by atoms with Crippen LogP contribution >= 0.6 is 11.6 Å². The molecule has 0 aromatic heterocycles. The van der Waals surface area contributed by atoms with Crippen LogP contribution in [0.2, 0.25) is 5.02 Å². The number of rotatable bonds is 2. The minimum Gasteiger partial charge on any atom is -0.309 e. The number of carbonyl (C=O) groups is 1. The smallest absolute Gasteiger partial charge is 0.259 e. The lowest BCUT2D eigenvalue weighted by molar-refractivity contribution is 0.0518. The average Bonchev–Trinajstić information content (AvgIpc) is 2.82. The van der Waals surface area contributed by atoms with Gasteiger partial charge in [-0.3, -0.25) is 4.79 Å². The monoisotopic (exact) mass is 328 g/mol. The number of nitriles is 1. The van der Waals surface area contributed by atoms with Crippen molar-refractivity contribution in [1.82, 2.24) is 4.90 Å². The Morgan fingerprint density at radius 3 is 2.48 bits per heavy atom. The summed E-state index contributed by atoms with van der Waals surface area (Å²) in [6.45, 7) is 3.67. The summed E-state index contributed by atoms with van der Waals surface area (Å²) in [6.07, 6.45) is 0. The summed E-state index contributed by atoms with van der Waals surface area (Å²) in [7, 11) is 0. The molecule has 1 amide bonds. The maximum Gasteiger partial charge on any atom is 0.259 e. The van der Waals surface area contributed by atoms with Gasteiger partial charge in [0.25, 0.3) is 5.91 Å². The molecule has 0 aliphatic carbocycles. The van der Waals surface area contributed by atoms with Gasteiger partial charge in [-0.1, -0.05) is 35.9 Å². The third kappa shape index (κ3) is 2.29. The second-order valence-corrected chi connectivity index (χ2v) is 6.41. The van der Waals surface area contributed by atoms with Gasteiger partial charge in [0, 0.05) is 10.6 Å². The second kappa shape index (κ2) is 5.36. The van der Waals surface area contributed by atoms with Crippen molar-refractivity contribution in [3.8, 4) is 6.07 Å². The van der Waals surface area contributed by atoms with Crippen LogP contribution in [0, 0.1) is 17.1 Å². The molecule has 2 aromatic rings. The molecule has 1 atom stereocenters. The molecule has 0 spiro atoms. The molecule has 0 bridgehead atoms. The summed E-state index contributed by atoms with van der Waals surface area (Å²) in [4.78, 5) is 14.2. The van der Waals surface area contributed by atoms with E-state index in [4.69, 9.17) is 11.6 Å². The number of benzene rings is 2. The Balaban J connectivity index is 2.13. The molecule has 1 heterocycles. The molecule has 23 heavy (non-hydrogen) atoms. The van der Waals surface area contributed by atoms with Crippen LogP contribution in [0.15, 0.2) is 42.5 Å². The van der Waals surface area contributed by atoms with Crippen molar-refractivity contribution in [2.75, 3.05) is 0 Å². The fourth-order valence-corrected chi connectivity index (χ4v) is 3.20. The van der Waals surface area contributed by atoms with Crippen molar-refractivity contribution in [3.05, 3.63) is 70.0 Å². The molecule has 0 fully saturated rings. The van der Waals surface area contributed by atoms with Gasteiger partial charge in [0.05, 0.1) is 17.2 Å². The first kappa shape index (κ1) is 15.5. The van der Waals surface area contributed by atoms with Crippen LogP contribution in [0.25, 0.3) is 0 Å². The number of nitrogens with zero attached hydrogens (tertiary/aromatic N) is 2. The van der Waals surface area contributed by atoms with Crippen LogP contribution in [0.1, 0.15) is 41.4 Å². The summed E-state index contributed by atoms with van der Waals surface area (Å²) < 4.78 is 14.1. The quantitative estimate of drug-likeness (QED) is 0.818. The Kier molecular flexibility index (Phi) is 3.62. The minimum atomic E-state index is -0.820. The molecule has 1 aliphatic rings. The highest BCUT2D eigenvalue weighted by Crippen LogP contribution is 2.43. The van der Waals surface area contributed by atoms with Gasteiger partial charge in [-0.25, -0.2) is 4.39 Å². The summed E-state index contributed by atoms with van der Waals surface area (Å²) in [5, 5.41) is 10.1. The van der Waals surface area contributed by atoms with Gasteiger partial charge in [0.15, 0.2) is 0 Å². The van der Waals surface area contributed by atoms with Gasteiger partial charge >= 0.3 is 0 Å². The maximum atomic E-state index is 14.1. The molecular formula is C18H14ClFN2O. The Bertz CT molecular complexity index is 824. The molecule has 116 valence electrons. The summed E-state index contributed by atoms with van der Waals surface area (Å²) in [5.41, 5.74) is 0.442. The number of hydrogen-bond acceptors (Lipinski definition) is 2. The molecule has 0 radical (unpaired) electrons. The van der Waals surface area contributed by atoms with Crippen molar-refractivity contribution < 1.29 is 9.18 Å². The van der Waals surface area contributed by atoms with E-state index in [0.29, 0.717) is 10.6 Å². The molecular weight excluding hydrogens is 315 g/mol. The van der Waals surface area contributed by atoms with Gasteiger partial charge < -0.3 is 4.90 Å². The second-order valence-electron chi connectivity index (χ2n) is 5.98. The van der Waals surface area contributed by atoms with Gasteiger partial charge in [0.2, 0.25) is 0 Å². The number of halogens is 2. The minimum absolute atomic E-state index is 0.0129. The van der Waals surface area contributed by atoms with Crippen LogP contribution in [0.3, 0.4) is 0 Å². The summed E-state index contributed by atoms with van der Waals surface area (Å²) in [6, 6.07) is 12.8. The molecule has 0 saturated heterocycles. The van der Waals surface area contributed by atoms with E-state index in [1.54, 1.807) is 18.2 Å². The summed E-state index contributed by atoms with van der Waals surface area (Å²) >= 11 is 5.92. The molecule has 1 unspecified atom stereocenters. The first-order valence-corrected chi connectivity index (χ1v) is 7.53. The Labute approximate surface area is 138 Å². The lowest BCUT2D eigenvalue weighted by atomic mass is 9.91.